The van der Waals surface area contributed by atoms with Crippen LogP contribution in [0.25, 0.3) is 0 Å². The normalized spacial score (nSPS) is 31.0. The molecule has 3 rings (SSSR count). The first-order valence-corrected chi connectivity index (χ1v) is 7.46. The standard InChI is InChI=1S/C15H19ClF2N2/c1-10-9-20(7-6-19-10)14(13-8-15(13,17)18)11-2-4-12(16)5-3-11/h2-5,10,13-14,19H,6-9H2,1H3. The highest BCUT2D eigenvalue weighted by Gasteiger charge is 2.61. The van der Waals surface area contributed by atoms with Crippen LogP contribution in [0.15, 0.2) is 24.3 Å². The first-order valence-electron chi connectivity index (χ1n) is 7.08. The Bertz CT molecular complexity index is 477. The lowest BCUT2D eigenvalue weighted by Gasteiger charge is -2.38. The van der Waals surface area contributed by atoms with Gasteiger partial charge in [-0.3, -0.25) is 4.90 Å². The van der Waals surface area contributed by atoms with Gasteiger partial charge in [0.15, 0.2) is 0 Å². The minimum Gasteiger partial charge on any atom is -0.312 e. The van der Waals surface area contributed by atoms with E-state index in [1.54, 1.807) is 12.1 Å². The molecule has 5 heteroatoms. The maximum atomic E-state index is 13.6. The van der Waals surface area contributed by atoms with Crippen molar-refractivity contribution in [2.45, 2.75) is 31.4 Å². The SMILES string of the molecule is CC1CN(C(c2ccc(Cl)cc2)C2CC2(F)F)CCN1. The van der Waals surface area contributed by atoms with Gasteiger partial charge in [0.1, 0.15) is 0 Å². The maximum Gasteiger partial charge on any atom is 0.253 e. The van der Waals surface area contributed by atoms with E-state index < -0.39 is 11.8 Å². The van der Waals surface area contributed by atoms with E-state index >= 15 is 0 Å². The second kappa shape index (κ2) is 5.24. The van der Waals surface area contributed by atoms with Gasteiger partial charge in [-0.2, -0.15) is 0 Å². The predicted molar refractivity (Wildman–Crippen MR) is 76.3 cm³/mol. The van der Waals surface area contributed by atoms with Crippen LogP contribution in [0.5, 0.6) is 0 Å². The summed E-state index contributed by atoms with van der Waals surface area (Å²) in [4.78, 5) is 2.19. The fraction of sp³-hybridized carbons (Fsp3) is 0.600. The fourth-order valence-electron chi connectivity index (χ4n) is 3.15. The Morgan fingerprint density at radius 3 is 2.55 bits per heavy atom. The lowest BCUT2D eigenvalue weighted by atomic mass is 9.98. The quantitative estimate of drug-likeness (QED) is 0.921. The summed E-state index contributed by atoms with van der Waals surface area (Å²) in [6.45, 7) is 4.56. The molecule has 3 atom stereocenters. The molecule has 1 saturated heterocycles. The van der Waals surface area contributed by atoms with Gasteiger partial charge in [-0.25, -0.2) is 8.78 Å². The number of rotatable bonds is 3. The Morgan fingerprint density at radius 1 is 1.35 bits per heavy atom. The number of nitrogens with one attached hydrogen (secondary N) is 1. The van der Waals surface area contributed by atoms with Crippen LogP contribution in [0.4, 0.5) is 8.78 Å². The summed E-state index contributed by atoms with van der Waals surface area (Å²) in [6, 6.07) is 7.48. The minimum absolute atomic E-state index is 0.00139. The molecule has 1 aromatic rings. The van der Waals surface area contributed by atoms with Crippen LogP contribution in [0.1, 0.15) is 24.9 Å². The Labute approximate surface area is 123 Å². The van der Waals surface area contributed by atoms with Crippen molar-refractivity contribution >= 4 is 11.6 Å². The van der Waals surface area contributed by atoms with E-state index in [2.05, 4.69) is 17.1 Å². The average Bonchev–Trinajstić information content (AvgIpc) is 3.01. The molecule has 3 unspecified atom stereocenters. The number of benzene rings is 1. The van der Waals surface area contributed by atoms with Crippen LogP contribution in [0.3, 0.4) is 0 Å². The Hall–Kier alpha value is -0.710. The van der Waals surface area contributed by atoms with Gasteiger partial charge in [0.05, 0.1) is 0 Å². The van der Waals surface area contributed by atoms with Crippen molar-refractivity contribution < 1.29 is 8.78 Å². The highest BCUT2D eigenvalue weighted by atomic mass is 35.5. The van der Waals surface area contributed by atoms with E-state index in [9.17, 15) is 8.78 Å². The summed E-state index contributed by atoms with van der Waals surface area (Å²) in [5.41, 5.74) is 0.950. The Balaban J connectivity index is 1.86. The van der Waals surface area contributed by atoms with E-state index in [0.717, 1.165) is 25.2 Å². The van der Waals surface area contributed by atoms with Gasteiger partial charge in [-0.15, -0.1) is 0 Å². The molecule has 2 nitrogen and oxygen atoms in total. The fourth-order valence-corrected chi connectivity index (χ4v) is 3.28. The van der Waals surface area contributed by atoms with Crippen LogP contribution in [-0.2, 0) is 0 Å². The maximum absolute atomic E-state index is 13.6. The average molecular weight is 301 g/mol. The molecule has 1 heterocycles. The molecule has 0 bridgehead atoms. The number of nitrogens with zero attached hydrogens (tertiary/aromatic N) is 1. The molecule has 1 saturated carbocycles. The minimum atomic E-state index is -2.52. The van der Waals surface area contributed by atoms with Crippen molar-refractivity contribution in [3.63, 3.8) is 0 Å². The Morgan fingerprint density at radius 2 is 2.00 bits per heavy atom. The van der Waals surface area contributed by atoms with Gasteiger partial charge in [-0.05, 0) is 24.6 Å². The topological polar surface area (TPSA) is 15.3 Å². The van der Waals surface area contributed by atoms with E-state index in [1.165, 1.54) is 0 Å². The molecule has 0 aromatic heterocycles. The van der Waals surface area contributed by atoms with Gasteiger partial charge in [0.2, 0.25) is 0 Å². The number of hydrogen-bond donors (Lipinski definition) is 1. The van der Waals surface area contributed by atoms with Gasteiger partial charge in [0.25, 0.3) is 5.92 Å². The molecule has 0 amide bonds. The van der Waals surface area contributed by atoms with E-state index in [4.69, 9.17) is 11.6 Å². The monoisotopic (exact) mass is 300 g/mol. The molecule has 1 aliphatic heterocycles. The second-order valence-electron chi connectivity index (χ2n) is 5.92. The van der Waals surface area contributed by atoms with Crippen molar-refractivity contribution in [2.75, 3.05) is 19.6 Å². The van der Waals surface area contributed by atoms with Gasteiger partial charge >= 0.3 is 0 Å². The van der Waals surface area contributed by atoms with Crippen molar-refractivity contribution in [1.29, 1.82) is 0 Å². The van der Waals surface area contributed by atoms with Crippen molar-refractivity contribution in [1.82, 2.24) is 10.2 Å². The summed E-state index contributed by atoms with van der Waals surface area (Å²) in [5, 5.41) is 4.00. The molecule has 110 valence electrons. The molecular weight excluding hydrogens is 282 g/mol. The molecule has 1 N–H and O–H groups in total. The van der Waals surface area contributed by atoms with Gasteiger partial charge in [-0.1, -0.05) is 23.7 Å². The third-order valence-corrected chi connectivity index (χ3v) is 4.51. The lowest BCUT2D eigenvalue weighted by Crippen LogP contribution is -2.51. The van der Waals surface area contributed by atoms with Crippen LogP contribution >= 0.6 is 11.6 Å². The molecule has 0 spiro atoms. The Kier molecular flexibility index (Phi) is 3.73. The first kappa shape index (κ1) is 14.2. The third-order valence-electron chi connectivity index (χ3n) is 4.26. The first-order chi connectivity index (χ1) is 9.47. The molecule has 2 fully saturated rings. The van der Waals surface area contributed by atoms with E-state index in [1.807, 2.05) is 12.1 Å². The van der Waals surface area contributed by atoms with E-state index in [-0.39, 0.29) is 12.5 Å². The third kappa shape index (κ3) is 2.83. The van der Waals surface area contributed by atoms with Gasteiger partial charge in [0, 0.05) is 49.1 Å². The zero-order chi connectivity index (χ0) is 14.3. The zero-order valence-electron chi connectivity index (χ0n) is 11.5. The summed E-state index contributed by atoms with van der Waals surface area (Å²) in [7, 11) is 0. The van der Waals surface area contributed by atoms with Crippen LogP contribution in [0, 0.1) is 5.92 Å². The summed E-state index contributed by atoms with van der Waals surface area (Å²) < 4.78 is 27.2. The van der Waals surface area contributed by atoms with E-state index in [0.29, 0.717) is 11.1 Å². The van der Waals surface area contributed by atoms with Crippen LogP contribution in [0.2, 0.25) is 5.02 Å². The highest BCUT2D eigenvalue weighted by molar-refractivity contribution is 6.30. The molecule has 2 aliphatic rings. The molecule has 1 aromatic carbocycles. The number of hydrogen-bond acceptors (Lipinski definition) is 2. The molecule has 0 radical (unpaired) electrons. The summed E-state index contributed by atoms with van der Waals surface area (Å²) in [6.07, 6.45) is -0.00139. The number of piperazine rings is 1. The van der Waals surface area contributed by atoms with Crippen LogP contribution in [-0.4, -0.2) is 36.5 Å². The predicted octanol–water partition coefficient (Wildman–Crippen LogP) is 3.33. The zero-order valence-corrected chi connectivity index (χ0v) is 12.2. The second-order valence-corrected chi connectivity index (χ2v) is 6.35. The lowest BCUT2D eigenvalue weighted by molar-refractivity contribution is 0.0536. The highest BCUT2D eigenvalue weighted by Crippen LogP contribution is 2.57. The van der Waals surface area contributed by atoms with Gasteiger partial charge < -0.3 is 5.32 Å². The summed E-state index contributed by atoms with van der Waals surface area (Å²) >= 11 is 5.90. The summed E-state index contributed by atoms with van der Waals surface area (Å²) in [5.74, 6) is -3.08. The van der Waals surface area contributed by atoms with Crippen LogP contribution < -0.4 is 5.32 Å². The number of alkyl halides is 2. The smallest absolute Gasteiger partial charge is 0.253 e. The van der Waals surface area contributed by atoms with Crippen molar-refractivity contribution in [3.05, 3.63) is 34.9 Å². The van der Waals surface area contributed by atoms with Crippen molar-refractivity contribution in [3.8, 4) is 0 Å². The van der Waals surface area contributed by atoms with Crippen molar-refractivity contribution in [2.24, 2.45) is 5.92 Å². The largest absolute Gasteiger partial charge is 0.312 e. The number of halogens is 3. The molecular formula is C15H19ClF2N2. The molecule has 1 aliphatic carbocycles. The molecule has 20 heavy (non-hydrogen) atoms.